The molecule has 1 atom stereocenters. The van der Waals surface area contributed by atoms with Crippen molar-refractivity contribution >= 4 is 5.91 Å². The number of β-amino-alcohol motifs (C(OH)–C–C–N with tert-alkyl or cyclic N) is 1. The van der Waals surface area contributed by atoms with E-state index in [2.05, 4.69) is 4.90 Å². The number of rotatable bonds is 6. The molecule has 1 saturated heterocycles. The maximum absolute atomic E-state index is 13.7. The number of ether oxygens (including phenoxy) is 1. The summed E-state index contributed by atoms with van der Waals surface area (Å²) in [6, 6.07) is 10.2. The number of aliphatic hydroxyl groups excluding tert-OH is 1. The number of benzene rings is 2. The van der Waals surface area contributed by atoms with Crippen molar-refractivity contribution in [2.45, 2.75) is 13.0 Å². The lowest BCUT2D eigenvalue weighted by atomic mass is 10.1. The van der Waals surface area contributed by atoms with E-state index in [0.717, 1.165) is 0 Å². The van der Waals surface area contributed by atoms with Crippen LogP contribution in [0, 0.1) is 18.6 Å². The quantitative estimate of drug-likeness (QED) is 0.823. The summed E-state index contributed by atoms with van der Waals surface area (Å²) in [6.45, 7) is 4.45. The van der Waals surface area contributed by atoms with Crippen molar-refractivity contribution < 1.29 is 23.4 Å². The number of piperazine rings is 1. The average Bonchev–Trinajstić information content (AvgIpc) is 2.70. The summed E-state index contributed by atoms with van der Waals surface area (Å²) in [5, 5.41) is 10.2. The second-order valence-corrected chi connectivity index (χ2v) is 6.98. The van der Waals surface area contributed by atoms with Crippen LogP contribution in [0.2, 0.25) is 0 Å². The van der Waals surface area contributed by atoms with Gasteiger partial charge in [0, 0.05) is 38.3 Å². The fraction of sp³-hybridized carbons (Fsp3) is 0.381. The molecule has 2 aromatic carbocycles. The Kier molecular flexibility index (Phi) is 6.59. The van der Waals surface area contributed by atoms with Crippen molar-refractivity contribution in [3.63, 3.8) is 0 Å². The van der Waals surface area contributed by atoms with Crippen LogP contribution >= 0.6 is 0 Å². The number of aryl methyl sites for hydroxylation is 1. The summed E-state index contributed by atoms with van der Waals surface area (Å²) >= 11 is 0. The highest BCUT2D eigenvalue weighted by molar-refractivity contribution is 5.94. The van der Waals surface area contributed by atoms with Crippen LogP contribution in [0.3, 0.4) is 0 Å². The molecule has 7 heteroatoms. The number of nitrogens with zero attached hydrogens (tertiary/aromatic N) is 2. The Morgan fingerprint density at radius 2 is 1.79 bits per heavy atom. The van der Waals surface area contributed by atoms with E-state index in [4.69, 9.17) is 4.74 Å². The van der Waals surface area contributed by atoms with Gasteiger partial charge in [-0.1, -0.05) is 6.07 Å². The lowest BCUT2D eigenvalue weighted by Crippen LogP contribution is -2.51. The Morgan fingerprint density at radius 3 is 2.43 bits per heavy atom. The molecule has 1 heterocycles. The highest BCUT2D eigenvalue weighted by Crippen LogP contribution is 2.14. The predicted molar refractivity (Wildman–Crippen MR) is 101 cm³/mol. The van der Waals surface area contributed by atoms with Gasteiger partial charge in [-0.2, -0.15) is 0 Å². The largest absolute Gasteiger partial charge is 0.491 e. The first-order chi connectivity index (χ1) is 13.4. The number of hydrogen-bond donors (Lipinski definition) is 1. The Labute approximate surface area is 163 Å². The van der Waals surface area contributed by atoms with Gasteiger partial charge in [0.15, 0.2) is 0 Å². The second kappa shape index (κ2) is 9.12. The molecule has 1 amide bonds. The number of aliphatic hydroxyl groups is 1. The van der Waals surface area contributed by atoms with Gasteiger partial charge >= 0.3 is 0 Å². The number of hydrogen-bond acceptors (Lipinski definition) is 4. The van der Waals surface area contributed by atoms with Crippen LogP contribution in [0.25, 0.3) is 0 Å². The minimum absolute atomic E-state index is 0.105. The van der Waals surface area contributed by atoms with Gasteiger partial charge in [0.05, 0.1) is 0 Å². The molecule has 1 fully saturated rings. The van der Waals surface area contributed by atoms with Gasteiger partial charge in [-0.3, -0.25) is 9.69 Å². The molecular weight excluding hydrogens is 366 g/mol. The Morgan fingerprint density at radius 1 is 1.11 bits per heavy atom. The molecule has 0 bridgehead atoms. The number of carbonyl (C=O) groups is 1. The second-order valence-electron chi connectivity index (χ2n) is 6.98. The van der Waals surface area contributed by atoms with Crippen LogP contribution in [-0.2, 0) is 0 Å². The minimum atomic E-state index is -0.696. The molecule has 150 valence electrons. The first-order valence-corrected chi connectivity index (χ1v) is 9.26. The molecule has 0 aromatic heterocycles. The van der Waals surface area contributed by atoms with Gasteiger partial charge in [-0.25, -0.2) is 8.78 Å². The third-order valence-corrected chi connectivity index (χ3v) is 4.80. The fourth-order valence-electron chi connectivity index (χ4n) is 3.12. The first kappa shape index (κ1) is 20.2. The summed E-state index contributed by atoms with van der Waals surface area (Å²) in [4.78, 5) is 16.3. The molecule has 5 nitrogen and oxygen atoms in total. The average molecular weight is 390 g/mol. The molecule has 1 unspecified atom stereocenters. The van der Waals surface area contributed by atoms with Crippen LogP contribution in [0.4, 0.5) is 8.78 Å². The normalized spacial score (nSPS) is 16.1. The van der Waals surface area contributed by atoms with Gasteiger partial charge in [-0.05, 0) is 48.9 Å². The smallest absolute Gasteiger partial charge is 0.254 e. The summed E-state index contributed by atoms with van der Waals surface area (Å²) < 4.78 is 32.0. The maximum Gasteiger partial charge on any atom is 0.254 e. The zero-order valence-corrected chi connectivity index (χ0v) is 15.8. The SMILES string of the molecule is Cc1ccc(C(=O)N2CCN(CC(O)COc3ccc(F)cc3)CC2)cc1F. The predicted octanol–water partition coefficient (Wildman–Crippen LogP) is 2.47. The fourth-order valence-corrected chi connectivity index (χ4v) is 3.12. The van der Waals surface area contributed by atoms with Crippen LogP contribution in [-0.4, -0.2) is 66.2 Å². The van der Waals surface area contributed by atoms with Gasteiger partial charge in [0.25, 0.3) is 5.91 Å². The van der Waals surface area contributed by atoms with Crippen molar-refractivity contribution in [2.75, 3.05) is 39.3 Å². The molecule has 0 spiro atoms. The van der Waals surface area contributed by atoms with E-state index in [9.17, 15) is 18.7 Å². The molecule has 1 aliphatic heterocycles. The van der Waals surface area contributed by atoms with Crippen molar-refractivity contribution in [3.05, 3.63) is 65.2 Å². The third-order valence-electron chi connectivity index (χ3n) is 4.80. The summed E-state index contributed by atoms with van der Waals surface area (Å²) in [5.41, 5.74) is 0.863. The summed E-state index contributed by atoms with van der Waals surface area (Å²) in [5.74, 6) is -0.401. The van der Waals surface area contributed by atoms with E-state index in [-0.39, 0.29) is 24.1 Å². The molecule has 1 N–H and O–H groups in total. The van der Waals surface area contributed by atoms with Crippen LogP contribution in [0.1, 0.15) is 15.9 Å². The van der Waals surface area contributed by atoms with Gasteiger partial charge in [0.1, 0.15) is 30.1 Å². The zero-order valence-electron chi connectivity index (χ0n) is 15.8. The number of amides is 1. The minimum Gasteiger partial charge on any atom is -0.491 e. The molecule has 28 heavy (non-hydrogen) atoms. The third kappa shape index (κ3) is 5.27. The Hall–Kier alpha value is -2.51. The Bertz CT molecular complexity index is 806. The topological polar surface area (TPSA) is 53.0 Å². The first-order valence-electron chi connectivity index (χ1n) is 9.26. The highest BCUT2D eigenvalue weighted by atomic mass is 19.1. The van der Waals surface area contributed by atoms with Crippen molar-refractivity contribution in [1.29, 1.82) is 0 Å². The van der Waals surface area contributed by atoms with E-state index < -0.39 is 6.10 Å². The molecule has 3 rings (SSSR count). The number of carbonyl (C=O) groups excluding carboxylic acids is 1. The maximum atomic E-state index is 13.7. The summed E-state index contributed by atoms with van der Waals surface area (Å²) in [7, 11) is 0. The van der Waals surface area contributed by atoms with E-state index in [1.165, 1.54) is 30.3 Å². The van der Waals surface area contributed by atoms with Crippen LogP contribution < -0.4 is 4.74 Å². The Balaban J connectivity index is 1.43. The van der Waals surface area contributed by atoms with Crippen LogP contribution in [0.15, 0.2) is 42.5 Å². The van der Waals surface area contributed by atoms with E-state index in [0.29, 0.717) is 49.6 Å². The van der Waals surface area contributed by atoms with Crippen LogP contribution in [0.5, 0.6) is 5.75 Å². The molecule has 0 saturated carbocycles. The van der Waals surface area contributed by atoms with Gasteiger partial charge < -0.3 is 14.7 Å². The van der Waals surface area contributed by atoms with Crippen molar-refractivity contribution in [3.8, 4) is 5.75 Å². The standard InChI is InChI=1S/C21H24F2N2O3/c1-15-2-3-16(12-20(15)23)21(27)25-10-8-24(9-11-25)13-18(26)14-28-19-6-4-17(22)5-7-19/h2-7,12,18,26H,8-11,13-14H2,1H3. The van der Waals surface area contributed by atoms with Gasteiger partial charge in [-0.15, -0.1) is 0 Å². The number of halogens is 2. The van der Waals surface area contributed by atoms with E-state index in [1.54, 1.807) is 24.0 Å². The van der Waals surface area contributed by atoms with Crippen molar-refractivity contribution in [1.82, 2.24) is 9.80 Å². The molecular formula is C21H24F2N2O3. The molecule has 0 radical (unpaired) electrons. The van der Waals surface area contributed by atoms with E-state index in [1.807, 2.05) is 0 Å². The summed E-state index contributed by atoms with van der Waals surface area (Å²) in [6.07, 6.45) is -0.696. The highest BCUT2D eigenvalue weighted by Gasteiger charge is 2.24. The lowest BCUT2D eigenvalue weighted by molar-refractivity contribution is 0.0403. The zero-order chi connectivity index (χ0) is 20.1. The van der Waals surface area contributed by atoms with E-state index >= 15 is 0 Å². The van der Waals surface area contributed by atoms with Gasteiger partial charge in [0.2, 0.25) is 0 Å². The molecule has 1 aliphatic rings. The molecule has 0 aliphatic carbocycles. The van der Waals surface area contributed by atoms with Crippen molar-refractivity contribution in [2.24, 2.45) is 0 Å². The monoisotopic (exact) mass is 390 g/mol. The molecule has 2 aromatic rings. The lowest BCUT2D eigenvalue weighted by Gasteiger charge is -2.35.